The number of thiazole rings is 1. The van der Waals surface area contributed by atoms with Gasteiger partial charge in [0.15, 0.2) is 11.5 Å². The highest BCUT2D eigenvalue weighted by Crippen LogP contribution is 2.34. The van der Waals surface area contributed by atoms with Gasteiger partial charge in [-0.3, -0.25) is 4.79 Å². The summed E-state index contributed by atoms with van der Waals surface area (Å²) in [5.41, 5.74) is 2.39. The highest BCUT2D eigenvalue weighted by Gasteiger charge is 2.19. The number of nitrogens with one attached hydrogen (secondary N) is 1. The largest absolute Gasteiger partial charge is 0.493 e. The molecular formula is C24H26N2O3S2. The third-order valence-electron chi connectivity index (χ3n) is 5.19. The number of hydrogen-bond acceptors (Lipinski definition) is 6. The van der Waals surface area contributed by atoms with Gasteiger partial charge in [0, 0.05) is 33.3 Å². The zero-order valence-corrected chi connectivity index (χ0v) is 19.4. The maximum absolute atomic E-state index is 12.7. The van der Waals surface area contributed by atoms with Gasteiger partial charge in [0.05, 0.1) is 23.9 Å². The Morgan fingerprint density at radius 1 is 1.16 bits per heavy atom. The highest BCUT2D eigenvalue weighted by atomic mass is 32.2. The normalized spacial score (nSPS) is 13.9. The maximum Gasteiger partial charge on any atom is 0.255 e. The van der Waals surface area contributed by atoms with E-state index in [2.05, 4.69) is 15.7 Å². The molecular weight excluding hydrogens is 428 g/mol. The van der Waals surface area contributed by atoms with E-state index >= 15 is 0 Å². The highest BCUT2D eigenvalue weighted by molar-refractivity contribution is 7.98. The average molecular weight is 455 g/mol. The summed E-state index contributed by atoms with van der Waals surface area (Å²) in [7, 11) is 1.63. The van der Waals surface area contributed by atoms with Crippen molar-refractivity contribution in [3.05, 3.63) is 64.1 Å². The lowest BCUT2D eigenvalue weighted by Gasteiger charge is -2.17. The smallest absolute Gasteiger partial charge is 0.255 e. The standard InChI is InChI=1S/C24H26N2O3S2/c1-16-25-19(14-30-16)15-31-21-10-7-17(8-11-21)24(27)26-18-9-12-22(28-2)23(13-18)29-20-5-3-4-6-20/h7-14,20H,3-6,15H2,1-2H3,(H,26,27). The third kappa shape index (κ3) is 5.80. The Balaban J connectivity index is 1.38. The Hall–Kier alpha value is -2.51. The summed E-state index contributed by atoms with van der Waals surface area (Å²) in [4.78, 5) is 18.3. The number of anilines is 1. The van der Waals surface area contributed by atoms with E-state index in [1.807, 2.05) is 49.4 Å². The minimum Gasteiger partial charge on any atom is -0.493 e. The number of rotatable bonds is 8. The van der Waals surface area contributed by atoms with Crippen LogP contribution in [0.4, 0.5) is 5.69 Å². The van der Waals surface area contributed by atoms with Crippen molar-refractivity contribution in [2.24, 2.45) is 0 Å². The second-order valence-corrected chi connectivity index (χ2v) is 9.63. The minimum absolute atomic E-state index is 0.149. The number of carbonyl (C=O) groups excluding carboxylic acids is 1. The molecule has 31 heavy (non-hydrogen) atoms. The molecule has 0 unspecified atom stereocenters. The zero-order valence-electron chi connectivity index (χ0n) is 17.7. The van der Waals surface area contributed by atoms with Gasteiger partial charge < -0.3 is 14.8 Å². The minimum atomic E-state index is -0.149. The molecule has 1 aromatic heterocycles. The van der Waals surface area contributed by atoms with Gasteiger partial charge in [-0.15, -0.1) is 23.1 Å². The second-order valence-electron chi connectivity index (χ2n) is 7.51. The average Bonchev–Trinajstić information content (AvgIpc) is 3.44. The van der Waals surface area contributed by atoms with Crippen LogP contribution < -0.4 is 14.8 Å². The van der Waals surface area contributed by atoms with E-state index in [0.29, 0.717) is 22.7 Å². The number of carbonyl (C=O) groups is 1. The van der Waals surface area contributed by atoms with Crippen molar-refractivity contribution in [1.29, 1.82) is 0 Å². The molecule has 1 aliphatic rings. The number of benzene rings is 2. The molecule has 0 aliphatic heterocycles. The zero-order chi connectivity index (χ0) is 21.6. The molecule has 0 radical (unpaired) electrons. The van der Waals surface area contributed by atoms with Crippen molar-refractivity contribution in [1.82, 2.24) is 4.98 Å². The first kappa shape index (κ1) is 21.7. The van der Waals surface area contributed by atoms with Gasteiger partial charge in [-0.2, -0.15) is 0 Å². The van der Waals surface area contributed by atoms with Gasteiger partial charge in [-0.25, -0.2) is 4.98 Å². The molecule has 1 amide bonds. The van der Waals surface area contributed by atoms with E-state index in [-0.39, 0.29) is 12.0 Å². The summed E-state index contributed by atoms with van der Waals surface area (Å²) in [6.45, 7) is 2.01. The predicted molar refractivity (Wildman–Crippen MR) is 127 cm³/mol. The summed E-state index contributed by atoms with van der Waals surface area (Å²) in [5.74, 6) is 2.03. The number of aromatic nitrogens is 1. The second kappa shape index (κ2) is 10.2. The van der Waals surface area contributed by atoms with Gasteiger partial charge in [-0.1, -0.05) is 0 Å². The molecule has 0 bridgehead atoms. The Morgan fingerprint density at radius 2 is 1.94 bits per heavy atom. The van der Waals surface area contributed by atoms with Gasteiger partial charge in [0.1, 0.15) is 0 Å². The third-order valence-corrected chi connectivity index (χ3v) is 7.06. The van der Waals surface area contributed by atoms with Crippen LogP contribution in [0, 0.1) is 6.92 Å². The van der Waals surface area contributed by atoms with Crippen molar-refractivity contribution in [2.75, 3.05) is 12.4 Å². The fourth-order valence-electron chi connectivity index (χ4n) is 3.57. The fraction of sp³-hybridized carbons (Fsp3) is 0.333. The maximum atomic E-state index is 12.7. The van der Waals surface area contributed by atoms with E-state index < -0.39 is 0 Å². The SMILES string of the molecule is COc1ccc(NC(=O)c2ccc(SCc3csc(C)n3)cc2)cc1OC1CCCC1. The van der Waals surface area contributed by atoms with Crippen LogP contribution in [0.15, 0.2) is 52.7 Å². The molecule has 2 aromatic carbocycles. The summed E-state index contributed by atoms with van der Waals surface area (Å²) >= 11 is 3.38. The van der Waals surface area contributed by atoms with Crippen LogP contribution in [0.5, 0.6) is 11.5 Å². The quantitative estimate of drug-likeness (QED) is 0.403. The molecule has 3 aromatic rings. The van der Waals surface area contributed by atoms with Crippen molar-refractivity contribution in [2.45, 2.75) is 49.4 Å². The van der Waals surface area contributed by atoms with Crippen LogP contribution in [-0.2, 0) is 5.75 Å². The Bertz CT molecular complexity index is 1030. The van der Waals surface area contributed by atoms with E-state index in [9.17, 15) is 4.79 Å². The van der Waals surface area contributed by atoms with Gasteiger partial charge in [0.2, 0.25) is 0 Å². The molecule has 1 aliphatic carbocycles. The molecule has 1 saturated carbocycles. The number of nitrogens with zero attached hydrogens (tertiary/aromatic N) is 1. The lowest BCUT2D eigenvalue weighted by molar-refractivity contribution is 0.102. The van der Waals surface area contributed by atoms with Crippen molar-refractivity contribution in [3.8, 4) is 11.5 Å². The van der Waals surface area contributed by atoms with Crippen LogP contribution in [0.1, 0.15) is 46.7 Å². The molecule has 7 heteroatoms. The molecule has 1 heterocycles. The summed E-state index contributed by atoms with van der Waals surface area (Å²) in [6, 6.07) is 13.2. The van der Waals surface area contributed by atoms with E-state index in [1.165, 1.54) is 12.8 Å². The molecule has 0 saturated heterocycles. The molecule has 0 atom stereocenters. The first-order valence-electron chi connectivity index (χ1n) is 10.4. The Morgan fingerprint density at radius 3 is 2.61 bits per heavy atom. The number of hydrogen-bond donors (Lipinski definition) is 1. The fourth-order valence-corrected chi connectivity index (χ4v) is 5.08. The molecule has 0 spiro atoms. The van der Waals surface area contributed by atoms with Crippen molar-refractivity contribution >= 4 is 34.7 Å². The van der Waals surface area contributed by atoms with Gasteiger partial charge in [-0.05, 0) is 69.0 Å². The number of methoxy groups -OCH3 is 1. The monoisotopic (exact) mass is 454 g/mol. The van der Waals surface area contributed by atoms with Crippen LogP contribution in [0.2, 0.25) is 0 Å². The van der Waals surface area contributed by atoms with Crippen molar-refractivity contribution < 1.29 is 14.3 Å². The topological polar surface area (TPSA) is 60.5 Å². The number of thioether (sulfide) groups is 1. The summed E-state index contributed by atoms with van der Waals surface area (Å²) in [6.07, 6.45) is 4.73. The number of ether oxygens (including phenoxy) is 2. The predicted octanol–water partition coefficient (Wildman–Crippen LogP) is 6.33. The molecule has 162 valence electrons. The van der Waals surface area contributed by atoms with Crippen LogP contribution in [0.3, 0.4) is 0 Å². The van der Waals surface area contributed by atoms with E-state index in [4.69, 9.17) is 9.47 Å². The molecule has 1 fully saturated rings. The van der Waals surface area contributed by atoms with E-state index in [1.54, 1.807) is 30.2 Å². The lowest BCUT2D eigenvalue weighted by atomic mass is 10.2. The van der Waals surface area contributed by atoms with Crippen LogP contribution in [0.25, 0.3) is 0 Å². The Labute approximate surface area is 191 Å². The number of amides is 1. The first-order chi connectivity index (χ1) is 15.1. The van der Waals surface area contributed by atoms with Gasteiger partial charge >= 0.3 is 0 Å². The number of aryl methyl sites for hydroxylation is 1. The van der Waals surface area contributed by atoms with Gasteiger partial charge in [0.25, 0.3) is 5.91 Å². The van der Waals surface area contributed by atoms with Crippen LogP contribution in [-0.4, -0.2) is 24.1 Å². The Kier molecular flexibility index (Phi) is 7.14. The molecule has 5 nitrogen and oxygen atoms in total. The van der Waals surface area contributed by atoms with E-state index in [0.717, 1.165) is 34.2 Å². The van der Waals surface area contributed by atoms with Crippen molar-refractivity contribution in [3.63, 3.8) is 0 Å². The molecule has 4 rings (SSSR count). The lowest BCUT2D eigenvalue weighted by Crippen LogP contribution is -2.14. The van der Waals surface area contributed by atoms with Crippen LogP contribution >= 0.6 is 23.1 Å². The summed E-state index contributed by atoms with van der Waals surface area (Å²) in [5, 5.41) is 6.13. The first-order valence-corrected chi connectivity index (χ1v) is 12.3. The molecule has 1 N–H and O–H groups in total. The summed E-state index contributed by atoms with van der Waals surface area (Å²) < 4.78 is 11.5.